The quantitative estimate of drug-likeness (QED) is 0.637. The average molecular weight is 427 g/mol. The van der Waals surface area contributed by atoms with Gasteiger partial charge < -0.3 is 10.1 Å². The van der Waals surface area contributed by atoms with Crippen molar-refractivity contribution in [2.75, 3.05) is 11.9 Å². The summed E-state index contributed by atoms with van der Waals surface area (Å²) in [5.41, 5.74) is 0.789. The first-order valence-electron chi connectivity index (χ1n) is 9.49. The molecule has 0 aliphatic heterocycles. The molecule has 8 heteroatoms. The highest BCUT2D eigenvalue weighted by molar-refractivity contribution is 6.30. The van der Waals surface area contributed by atoms with Crippen LogP contribution in [0.5, 0.6) is 5.75 Å². The molecule has 6 nitrogen and oxygen atoms in total. The van der Waals surface area contributed by atoms with E-state index in [4.69, 9.17) is 16.3 Å². The zero-order valence-electron chi connectivity index (χ0n) is 16.5. The summed E-state index contributed by atoms with van der Waals surface area (Å²) in [6, 6.07) is 9.58. The van der Waals surface area contributed by atoms with Crippen molar-refractivity contribution in [3.8, 4) is 5.75 Å². The lowest BCUT2D eigenvalue weighted by Crippen LogP contribution is -2.27. The lowest BCUT2D eigenvalue weighted by atomic mass is 9.93. The fourth-order valence-electron chi connectivity index (χ4n) is 3.59. The average Bonchev–Trinajstić information content (AvgIpc) is 3.45. The maximum absolute atomic E-state index is 13.9. The fourth-order valence-corrected chi connectivity index (χ4v) is 3.70. The molecule has 1 fully saturated rings. The second-order valence-corrected chi connectivity index (χ2v) is 7.87. The number of carbonyl (C=O) groups excluding carboxylic acids is 1. The van der Waals surface area contributed by atoms with Crippen LogP contribution in [0.1, 0.15) is 23.5 Å². The number of aromatic nitrogens is 3. The maximum atomic E-state index is 13.9. The van der Waals surface area contributed by atoms with Gasteiger partial charge in [-0.1, -0.05) is 23.7 Å². The van der Waals surface area contributed by atoms with Gasteiger partial charge in [0.15, 0.2) is 5.75 Å². The third-order valence-corrected chi connectivity index (χ3v) is 5.53. The second kappa shape index (κ2) is 7.99. The zero-order chi connectivity index (χ0) is 21.3. The van der Waals surface area contributed by atoms with Crippen LogP contribution in [0, 0.1) is 25.6 Å². The summed E-state index contributed by atoms with van der Waals surface area (Å²) in [5, 5.41) is 3.29. The van der Waals surface area contributed by atoms with Gasteiger partial charge in [0, 0.05) is 11.6 Å². The highest BCUT2D eigenvalue weighted by atomic mass is 35.5. The van der Waals surface area contributed by atoms with Gasteiger partial charge in [0.25, 0.3) is 0 Å². The number of pyridine rings is 1. The molecule has 1 aliphatic rings. The van der Waals surface area contributed by atoms with Crippen molar-refractivity contribution in [1.29, 1.82) is 0 Å². The number of nitrogens with zero attached hydrogens (tertiary/aromatic N) is 3. The van der Waals surface area contributed by atoms with Crippen LogP contribution in [0.15, 0.2) is 48.8 Å². The number of hydrogen-bond donors (Lipinski definition) is 1. The van der Waals surface area contributed by atoms with Crippen LogP contribution in [0.25, 0.3) is 0 Å². The van der Waals surface area contributed by atoms with Crippen LogP contribution < -0.4 is 10.1 Å². The Morgan fingerprint density at radius 2 is 2.10 bits per heavy atom. The second-order valence-electron chi connectivity index (χ2n) is 7.43. The van der Waals surface area contributed by atoms with Crippen molar-refractivity contribution in [2.24, 2.45) is 5.92 Å². The number of aryl methyl sites for hydroxylation is 2. The van der Waals surface area contributed by atoms with Crippen molar-refractivity contribution in [3.05, 3.63) is 76.7 Å². The molecular weight excluding hydrogens is 407 g/mol. The molecule has 154 valence electrons. The van der Waals surface area contributed by atoms with Gasteiger partial charge in [-0.15, -0.1) is 0 Å². The van der Waals surface area contributed by atoms with Gasteiger partial charge in [0.2, 0.25) is 5.91 Å². The predicted octanol–water partition coefficient (Wildman–Crippen LogP) is 4.26. The van der Waals surface area contributed by atoms with Gasteiger partial charge in [-0.3, -0.25) is 4.79 Å². The molecule has 3 aromatic rings. The molecule has 1 aromatic carbocycles. The number of benzene rings is 1. The third-order valence-electron chi connectivity index (χ3n) is 5.31. The molecule has 0 spiro atoms. The van der Waals surface area contributed by atoms with E-state index in [1.54, 1.807) is 31.3 Å². The van der Waals surface area contributed by atoms with E-state index in [1.807, 2.05) is 13.0 Å². The molecule has 30 heavy (non-hydrogen) atoms. The number of anilines is 1. The summed E-state index contributed by atoms with van der Waals surface area (Å²) in [7, 11) is 0. The fraction of sp³-hybridized carbons (Fsp3) is 0.273. The first-order chi connectivity index (χ1) is 14.4. The molecule has 1 aliphatic carbocycles. The molecule has 1 saturated carbocycles. The van der Waals surface area contributed by atoms with Crippen molar-refractivity contribution >= 4 is 23.3 Å². The predicted molar refractivity (Wildman–Crippen MR) is 111 cm³/mol. The summed E-state index contributed by atoms with van der Waals surface area (Å²) in [4.78, 5) is 25.5. The molecule has 0 saturated heterocycles. The van der Waals surface area contributed by atoms with Gasteiger partial charge in [-0.2, -0.15) is 0 Å². The minimum atomic E-state index is -0.643. The number of amides is 1. The van der Waals surface area contributed by atoms with Crippen LogP contribution in [-0.4, -0.2) is 27.5 Å². The van der Waals surface area contributed by atoms with Crippen LogP contribution in [0.2, 0.25) is 5.02 Å². The molecule has 0 bridgehead atoms. The van der Waals surface area contributed by atoms with Crippen LogP contribution in [-0.2, 0) is 10.2 Å². The summed E-state index contributed by atoms with van der Waals surface area (Å²) < 4.78 is 19.9. The van der Waals surface area contributed by atoms with E-state index in [-0.39, 0.29) is 24.2 Å². The van der Waals surface area contributed by atoms with Gasteiger partial charge in [0.05, 0.1) is 29.4 Å². The van der Waals surface area contributed by atoms with Crippen LogP contribution >= 0.6 is 11.6 Å². The minimum Gasteiger partial charge on any atom is -0.489 e. The topological polar surface area (TPSA) is 77.0 Å². The number of carbonyl (C=O) groups is 1. The smallest absolute Gasteiger partial charge is 0.229 e. The number of nitrogens with one attached hydrogen (secondary N) is 1. The summed E-state index contributed by atoms with van der Waals surface area (Å²) in [6.45, 7) is 3.84. The number of hydrogen-bond acceptors (Lipinski definition) is 5. The van der Waals surface area contributed by atoms with E-state index in [0.717, 1.165) is 5.56 Å². The monoisotopic (exact) mass is 426 g/mol. The standard InChI is InChI=1S/C22H20ClFN4O2/c1-13-19(11-25-14(2)27-13)30-12-22(15-4-3-5-17(24)8-15)9-18(22)21(29)28-20-7-6-16(23)10-26-20/h3-8,10-11,18H,9,12H2,1-2H3,(H,26,28,29)/t18-,22+/m0/s1. The SMILES string of the molecule is Cc1ncc(OC[C@@]2(c3cccc(F)c3)C[C@H]2C(=O)Nc2ccc(Cl)cn2)c(C)n1. The van der Waals surface area contributed by atoms with E-state index in [9.17, 15) is 9.18 Å². The van der Waals surface area contributed by atoms with Crippen LogP contribution in [0.3, 0.4) is 0 Å². The first kappa shape index (κ1) is 20.2. The van der Waals surface area contributed by atoms with Gasteiger partial charge in [0.1, 0.15) is 17.5 Å². The highest BCUT2D eigenvalue weighted by Crippen LogP contribution is 2.55. The Bertz CT molecular complexity index is 1090. The molecule has 0 radical (unpaired) electrons. The Morgan fingerprint density at radius 1 is 1.27 bits per heavy atom. The molecule has 2 heterocycles. The Balaban J connectivity index is 1.56. The van der Waals surface area contributed by atoms with Crippen molar-refractivity contribution in [2.45, 2.75) is 25.7 Å². The molecule has 1 amide bonds. The highest BCUT2D eigenvalue weighted by Gasteiger charge is 2.60. The molecule has 4 rings (SSSR count). The first-order valence-corrected chi connectivity index (χ1v) is 9.87. The Hall–Kier alpha value is -3.06. The van der Waals surface area contributed by atoms with Crippen molar-refractivity contribution in [1.82, 2.24) is 15.0 Å². The van der Waals surface area contributed by atoms with Gasteiger partial charge in [-0.05, 0) is 50.1 Å². The molecule has 0 unspecified atom stereocenters. The van der Waals surface area contributed by atoms with E-state index in [2.05, 4.69) is 20.3 Å². The zero-order valence-corrected chi connectivity index (χ0v) is 17.3. The number of rotatable bonds is 6. The van der Waals surface area contributed by atoms with Crippen molar-refractivity contribution in [3.63, 3.8) is 0 Å². The lowest BCUT2D eigenvalue weighted by molar-refractivity contribution is -0.117. The molecule has 2 atom stereocenters. The van der Waals surface area contributed by atoms with E-state index < -0.39 is 5.41 Å². The molecule has 2 aromatic heterocycles. The van der Waals surface area contributed by atoms with E-state index in [1.165, 1.54) is 18.3 Å². The number of halogens is 2. The minimum absolute atomic E-state index is 0.199. The molecule has 1 N–H and O–H groups in total. The summed E-state index contributed by atoms with van der Waals surface area (Å²) >= 11 is 5.85. The summed E-state index contributed by atoms with van der Waals surface area (Å²) in [6.07, 6.45) is 3.61. The largest absolute Gasteiger partial charge is 0.489 e. The normalized spacial score (nSPS) is 19.9. The Morgan fingerprint density at radius 3 is 2.80 bits per heavy atom. The van der Waals surface area contributed by atoms with Gasteiger partial charge >= 0.3 is 0 Å². The third kappa shape index (κ3) is 4.11. The van der Waals surface area contributed by atoms with Crippen molar-refractivity contribution < 1.29 is 13.9 Å². The summed E-state index contributed by atoms with van der Waals surface area (Å²) in [5.74, 6) is 0.666. The lowest BCUT2D eigenvalue weighted by Gasteiger charge is -2.19. The van der Waals surface area contributed by atoms with Gasteiger partial charge in [-0.25, -0.2) is 19.3 Å². The van der Waals surface area contributed by atoms with E-state index >= 15 is 0 Å². The maximum Gasteiger partial charge on any atom is 0.229 e. The Kier molecular flexibility index (Phi) is 5.39. The van der Waals surface area contributed by atoms with Crippen LogP contribution in [0.4, 0.5) is 10.2 Å². The van der Waals surface area contributed by atoms with E-state index in [0.29, 0.717) is 34.5 Å². The molecular formula is C22H20ClFN4O2. The number of ether oxygens (including phenoxy) is 1. The Labute approximate surface area is 178 Å².